The van der Waals surface area contributed by atoms with Gasteiger partial charge in [-0.2, -0.15) is 0 Å². The van der Waals surface area contributed by atoms with Crippen molar-refractivity contribution >= 4 is 35.6 Å². The SMILES string of the molecule is CCN(CCNC(=NC)NC1CC=CC1)c1ccccc1C.I. The zero-order valence-corrected chi connectivity index (χ0v) is 16.7. The summed E-state index contributed by atoms with van der Waals surface area (Å²) in [6.45, 7) is 7.21. The van der Waals surface area contributed by atoms with Crippen LogP contribution in [0.2, 0.25) is 0 Å². The van der Waals surface area contributed by atoms with Crippen LogP contribution in [-0.2, 0) is 0 Å². The van der Waals surface area contributed by atoms with Crippen LogP contribution < -0.4 is 15.5 Å². The van der Waals surface area contributed by atoms with E-state index < -0.39 is 0 Å². The number of hydrogen-bond acceptors (Lipinski definition) is 2. The summed E-state index contributed by atoms with van der Waals surface area (Å²) in [4.78, 5) is 6.71. The van der Waals surface area contributed by atoms with E-state index in [1.807, 2.05) is 7.05 Å². The van der Waals surface area contributed by atoms with Gasteiger partial charge in [0.15, 0.2) is 5.96 Å². The molecule has 0 saturated heterocycles. The minimum Gasteiger partial charge on any atom is -0.370 e. The maximum absolute atomic E-state index is 4.31. The first-order valence-electron chi connectivity index (χ1n) is 8.17. The van der Waals surface area contributed by atoms with Crippen molar-refractivity contribution in [2.45, 2.75) is 32.7 Å². The molecular weight excluding hydrogens is 399 g/mol. The Morgan fingerprint density at radius 2 is 1.96 bits per heavy atom. The highest BCUT2D eigenvalue weighted by Gasteiger charge is 2.12. The zero-order valence-electron chi connectivity index (χ0n) is 14.4. The van der Waals surface area contributed by atoms with Crippen molar-refractivity contribution in [1.82, 2.24) is 10.6 Å². The third-order valence-corrected chi connectivity index (χ3v) is 4.08. The number of guanidine groups is 1. The summed E-state index contributed by atoms with van der Waals surface area (Å²) in [6.07, 6.45) is 6.62. The second kappa shape index (κ2) is 10.5. The lowest BCUT2D eigenvalue weighted by Gasteiger charge is -2.26. The number of anilines is 1. The van der Waals surface area contributed by atoms with Crippen molar-refractivity contribution in [3.8, 4) is 0 Å². The number of hydrogen-bond donors (Lipinski definition) is 2. The third-order valence-electron chi connectivity index (χ3n) is 4.08. The summed E-state index contributed by atoms with van der Waals surface area (Å²) >= 11 is 0. The number of nitrogens with one attached hydrogen (secondary N) is 2. The van der Waals surface area contributed by atoms with E-state index in [4.69, 9.17) is 0 Å². The van der Waals surface area contributed by atoms with Gasteiger partial charge in [0.2, 0.25) is 0 Å². The largest absolute Gasteiger partial charge is 0.370 e. The summed E-state index contributed by atoms with van der Waals surface area (Å²) in [5, 5.41) is 6.89. The van der Waals surface area contributed by atoms with Crippen LogP contribution in [0.3, 0.4) is 0 Å². The molecule has 5 heteroatoms. The first-order chi connectivity index (χ1) is 10.7. The van der Waals surface area contributed by atoms with Gasteiger partial charge < -0.3 is 15.5 Å². The summed E-state index contributed by atoms with van der Waals surface area (Å²) < 4.78 is 0. The highest BCUT2D eigenvalue weighted by molar-refractivity contribution is 14.0. The van der Waals surface area contributed by atoms with Crippen LogP contribution in [-0.4, -0.2) is 38.7 Å². The molecule has 2 rings (SSSR count). The molecule has 2 N–H and O–H groups in total. The summed E-state index contributed by atoms with van der Waals surface area (Å²) in [5.74, 6) is 0.898. The normalized spacial score (nSPS) is 14.5. The van der Waals surface area contributed by atoms with Gasteiger partial charge in [-0.15, -0.1) is 24.0 Å². The standard InChI is InChI=1S/C18H28N4.HI/c1-4-22(17-12-8-5-9-15(17)2)14-13-20-18(19-3)21-16-10-6-7-11-16;/h5-9,12,16H,4,10-11,13-14H2,1-3H3,(H2,19,20,21);1H. The molecule has 0 spiro atoms. The average Bonchev–Trinajstić information content (AvgIpc) is 3.04. The number of nitrogens with zero attached hydrogens (tertiary/aromatic N) is 2. The molecule has 0 radical (unpaired) electrons. The molecule has 0 amide bonds. The minimum absolute atomic E-state index is 0. The highest BCUT2D eigenvalue weighted by Crippen LogP contribution is 2.18. The topological polar surface area (TPSA) is 39.7 Å². The van der Waals surface area contributed by atoms with Crippen LogP contribution >= 0.6 is 24.0 Å². The molecule has 4 nitrogen and oxygen atoms in total. The van der Waals surface area contributed by atoms with E-state index in [0.717, 1.165) is 38.4 Å². The van der Waals surface area contributed by atoms with Gasteiger partial charge in [-0.3, -0.25) is 4.99 Å². The molecule has 0 heterocycles. The highest BCUT2D eigenvalue weighted by atomic mass is 127. The van der Waals surface area contributed by atoms with Crippen LogP contribution in [0.1, 0.15) is 25.3 Å². The van der Waals surface area contributed by atoms with Gasteiger partial charge in [-0.05, 0) is 38.3 Å². The lowest BCUT2D eigenvalue weighted by molar-refractivity contribution is 0.631. The minimum atomic E-state index is 0. The Labute approximate surface area is 157 Å². The van der Waals surface area contributed by atoms with Gasteiger partial charge >= 0.3 is 0 Å². The Bertz CT molecular complexity index is 520. The zero-order chi connectivity index (χ0) is 15.8. The fourth-order valence-corrected chi connectivity index (χ4v) is 2.80. The van der Waals surface area contributed by atoms with E-state index >= 15 is 0 Å². The molecule has 0 unspecified atom stereocenters. The van der Waals surface area contributed by atoms with Crippen LogP contribution in [0, 0.1) is 6.92 Å². The van der Waals surface area contributed by atoms with Crippen molar-refractivity contribution < 1.29 is 0 Å². The van der Waals surface area contributed by atoms with E-state index in [-0.39, 0.29) is 24.0 Å². The lowest BCUT2D eigenvalue weighted by Crippen LogP contribution is -2.45. The number of para-hydroxylation sites is 1. The Morgan fingerprint density at radius 1 is 1.26 bits per heavy atom. The molecular formula is C18H29IN4. The smallest absolute Gasteiger partial charge is 0.191 e. The molecule has 1 aliphatic carbocycles. The van der Waals surface area contributed by atoms with Crippen molar-refractivity contribution in [2.75, 3.05) is 31.6 Å². The first-order valence-corrected chi connectivity index (χ1v) is 8.17. The summed E-state index contributed by atoms with van der Waals surface area (Å²) in [6, 6.07) is 9.04. The monoisotopic (exact) mass is 428 g/mol. The number of aryl methyl sites for hydroxylation is 1. The average molecular weight is 428 g/mol. The summed E-state index contributed by atoms with van der Waals surface area (Å²) in [7, 11) is 1.83. The van der Waals surface area contributed by atoms with Crippen LogP contribution in [0.5, 0.6) is 0 Å². The Morgan fingerprint density at radius 3 is 2.57 bits per heavy atom. The predicted octanol–water partition coefficient (Wildman–Crippen LogP) is 3.32. The van der Waals surface area contributed by atoms with Crippen LogP contribution in [0.4, 0.5) is 5.69 Å². The molecule has 1 aliphatic rings. The fourth-order valence-electron chi connectivity index (χ4n) is 2.80. The molecule has 0 aliphatic heterocycles. The van der Waals surface area contributed by atoms with E-state index in [2.05, 4.69) is 70.8 Å². The molecule has 23 heavy (non-hydrogen) atoms. The van der Waals surface area contributed by atoms with Gasteiger partial charge in [0.05, 0.1) is 0 Å². The van der Waals surface area contributed by atoms with Crippen molar-refractivity contribution in [2.24, 2.45) is 4.99 Å². The number of benzene rings is 1. The third kappa shape index (κ3) is 6.05. The van der Waals surface area contributed by atoms with E-state index in [1.165, 1.54) is 11.3 Å². The molecule has 0 saturated carbocycles. The van der Waals surface area contributed by atoms with Crippen molar-refractivity contribution in [1.29, 1.82) is 0 Å². The van der Waals surface area contributed by atoms with Gasteiger partial charge in [0.25, 0.3) is 0 Å². The molecule has 1 aromatic carbocycles. The van der Waals surface area contributed by atoms with Gasteiger partial charge in [-0.1, -0.05) is 30.4 Å². The quantitative estimate of drug-likeness (QED) is 0.316. The van der Waals surface area contributed by atoms with Crippen LogP contribution in [0.25, 0.3) is 0 Å². The van der Waals surface area contributed by atoms with E-state index in [1.54, 1.807) is 0 Å². The maximum atomic E-state index is 4.31. The molecule has 1 aromatic rings. The molecule has 0 aromatic heterocycles. The molecule has 128 valence electrons. The number of likely N-dealkylation sites (N-methyl/N-ethyl adjacent to an activating group) is 1. The second-order valence-corrected chi connectivity index (χ2v) is 5.65. The van der Waals surface area contributed by atoms with Gasteiger partial charge in [-0.25, -0.2) is 0 Å². The number of halogens is 1. The van der Waals surface area contributed by atoms with E-state index in [0.29, 0.717) is 6.04 Å². The maximum Gasteiger partial charge on any atom is 0.191 e. The second-order valence-electron chi connectivity index (χ2n) is 5.65. The van der Waals surface area contributed by atoms with Gasteiger partial charge in [0, 0.05) is 38.4 Å². The Hall–Kier alpha value is -1.24. The first kappa shape index (κ1) is 19.8. The molecule has 0 atom stereocenters. The lowest BCUT2D eigenvalue weighted by atomic mass is 10.2. The molecule has 0 bridgehead atoms. The van der Waals surface area contributed by atoms with Crippen LogP contribution in [0.15, 0.2) is 41.4 Å². The Kier molecular flexibility index (Phi) is 9.06. The molecule has 0 fully saturated rings. The van der Waals surface area contributed by atoms with Crippen molar-refractivity contribution in [3.05, 3.63) is 42.0 Å². The predicted molar refractivity (Wildman–Crippen MR) is 111 cm³/mol. The number of rotatable bonds is 6. The number of aliphatic imine (C=N–C) groups is 1. The summed E-state index contributed by atoms with van der Waals surface area (Å²) in [5.41, 5.74) is 2.64. The fraction of sp³-hybridized carbons (Fsp3) is 0.500. The van der Waals surface area contributed by atoms with Crippen molar-refractivity contribution in [3.63, 3.8) is 0 Å². The van der Waals surface area contributed by atoms with E-state index in [9.17, 15) is 0 Å². The van der Waals surface area contributed by atoms with Gasteiger partial charge in [0.1, 0.15) is 0 Å². The Balaban J connectivity index is 0.00000264.